The molecule has 7 aliphatic rings. The van der Waals surface area contributed by atoms with Crippen molar-refractivity contribution in [1.29, 1.82) is 0 Å². The molecule has 5 fully saturated rings. The van der Waals surface area contributed by atoms with E-state index < -0.39 is 68.2 Å². The lowest BCUT2D eigenvalue weighted by molar-refractivity contribution is -0.141. The van der Waals surface area contributed by atoms with Crippen molar-refractivity contribution in [2.45, 2.75) is 125 Å². The van der Waals surface area contributed by atoms with Gasteiger partial charge in [0.15, 0.2) is 0 Å². The highest BCUT2D eigenvalue weighted by atomic mass is 32.2. The first-order chi connectivity index (χ1) is 30.4. The molecule has 0 unspecified atom stereocenters. The first-order valence-corrected chi connectivity index (χ1v) is 24.4. The summed E-state index contributed by atoms with van der Waals surface area (Å²) in [6.07, 6.45) is 13.9. The number of nitrogens with zero attached hydrogens (tertiary/aromatic N) is 3. The molecule has 5 heterocycles. The van der Waals surface area contributed by atoms with E-state index in [1.54, 1.807) is 6.92 Å². The minimum Gasteiger partial charge on any atom is -0.491 e. The molecule has 7 atom stereocenters. The summed E-state index contributed by atoms with van der Waals surface area (Å²) in [4.78, 5) is 65.7. The van der Waals surface area contributed by atoms with E-state index in [0.29, 0.717) is 81.2 Å². The van der Waals surface area contributed by atoms with Gasteiger partial charge in [-0.2, -0.15) is 0 Å². The predicted molar refractivity (Wildman–Crippen MR) is 233 cm³/mol. The zero-order valence-electron chi connectivity index (χ0n) is 36.1. The maximum absolute atomic E-state index is 14.8. The number of aromatic nitrogens is 1. The van der Waals surface area contributed by atoms with Crippen LogP contribution in [0.5, 0.6) is 11.6 Å². The quantitative estimate of drug-likeness (QED) is 0.333. The van der Waals surface area contributed by atoms with E-state index in [-0.39, 0.29) is 31.4 Å². The molecule has 3 N–H and O–H groups in total. The summed E-state index contributed by atoms with van der Waals surface area (Å²) in [5.74, 6) is -1.15. The number of hydrogen-bond donors (Lipinski definition) is 3. The van der Waals surface area contributed by atoms with Crippen LogP contribution in [0.25, 0.3) is 17.0 Å². The zero-order chi connectivity index (χ0) is 43.8. The number of sulfonamides is 1. The Labute approximate surface area is 368 Å². The number of carbonyl (C=O) groups excluding carboxylic acids is 4. The summed E-state index contributed by atoms with van der Waals surface area (Å²) in [6.45, 7) is 5.72. The van der Waals surface area contributed by atoms with E-state index in [4.69, 9.17) is 23.9 Å². The van der Waals surface area contributed by atoms with Crippen LogP contribution in [-0.4, -0.2) is 128 Å². The van der Waals surface area contributed by atoms with E-state index in [2.05, 4.69) is 26.3 Å². The smallest absolute Gasteiger partial charge is 0.408 e. The van der Waals surface area contributed by atoms with Gasteiger partial charge < -0.3 is 34.5 Å². The van der Waals surface area contributed by atoms with Crippen LogP contribution in [0.3, 0.4) is 0 Å². The molecule has 3 saturated carbocycles. The number of carbonyl (C=O) groups is 4. The number of alkyl carbamates (subject to hydrolysis) is 1. The fraction of sp³-hybridized carbons (Fsp3) is 0.630. The summed E-state index contributed by atoms with van der Waals surface area (Å²) in [5, 5.41) is 6.63. The summed E-state index contributed by atoms with van der Waals surface area (Å²) < 4.78 is 52.7. The van der Waals surface area contributed by atoms with Crippen molar-refractivity contribution < 1.29 is 46.5 Å². The van der Waals surface area contributed by atoms with Crippen LogP contribution in [0.1, 0.15) is 96.0 Å². The second-order valence-corrected chi connectivity index (χ2v) is 20.8. The second-order valence-electron chi connectivity index (χ2n) is 18.7. The Morgan fingerprint density at radius 2 is 1.81 bits per heavy atom. The highest BCUT2D eigenvalue weighted by molar-refractivity contribution is 7.91. The molecule has 2 aromatic rings. The molecule has 63 heavy (non-hydrogen) atoms. The van der Waals surface area contributed by atoms with Crippen molar-refractivity contribution in [3.8, 4) is 11.6 Å². The van der Waals surface area contributed by atoms with Gasteiger partial charge in [-0.25, -0.2) is 18.2 Å². The van der Waals surface area contributed by atoms with E-state index in [1.165, 1.54) is 4.90 Å². The molecule has 17 heteroatoms. The predicted octanol–water partition coefficient (Wildman–Crippen LogP) is 4.37. The van der Waals surface area contributed by atoms with Crippen molar-refractivity contribution in [2.75, 3.05) is 46.0 Å². The monoisotopic (exact) mass is 888 g/mol. The van der Waals surface area contributed by atoms with Gasteiger partial charge in [0.25, 0.3) is 5.91 Å². The van der Waals surface area contributed by atoms with Gasteiger partial charge in [0.2, 0.25) is 27.7 Å². The van der Waals surface area contributed by atoms with Gasteiger partial charge in [0.05, 0.1) is 35.6 Å². The lowest BCUT2D eigenvalue weighted by Crippen LogP contribution is -2.58. The number of nitrogens with one attached hydrogen (secondary N) is 3. The number of hydrogen-bond acceptors (Lipinski definition) is 12. The number of rotatable bonds is 7. The number of ether oxygens (including phenoxy) is 4. The van der Waals surface area contributed by atoms with E-state index >= 15 is 0 Å². The first kappa shape index (κ1) is 43.5. The van der Waals surface area contributed by atoms with Gasteiger partial charge in [-0.15, -0.1) is 0 Å². The van der Waals surface area contributed by atoms with Gasteiger partial charge in [0, 0.05) is 37.4 Å². The highest BCUT2D eigenvalue weighted by Gasteiger charge is 2.63. The molecule has 16 nitrogen and oxygen atoms in total. The van der Waals surface area contributed by atoms with Gasteiger partial charge in [0.1, 0.15) is 42.2 Å². The molecular weight excluding hydrogens is 829 g/mol. The molecule has 340 valence electrons. The maximum Gasteiger partial charge on any atom is 0.408 e. The third-order valence-corrected chi connectivity index (χ3v) is 16.2. The molecular formula is C46H60N6O10S. The molecule has 0 spiro atoms. The van der Waals surface area contributed by atoms with Crippen LogP contribution in [0.2, 0.25) is 0 Å². The topological polar surface area (TPSA) is 195 Å². The Kier molecular flexibility index (Phi) is 12.5. The van der Waals surface area contributed by atoms with Gasteiger partial charge in [-0.3, -0.25) is 24.0 Å². The molecule has 2 saturated heterocycles. The van der Waals surface area contributed by atoms with Gasteiger partial charge in [-0.05, 0) is 95.3 Å². The van der Waals surface area contributed by atoms with Crippen LogP contribution >= 0.6 is 0 Å². The maximum atomic E-state index is 14.8. The SMILES string of the molecule is CC1(S(=O)(=O)NC(=O)[C@@]23C[C@H]2/C=C/CCCCC[C@@H]2NC(=O)O[C@@H]4C[C@H]4CCC/C=C/c4c(nc5ccccc5c4OCCN4CCOCC4)O[C@H]4C[C@H](C(=O)N3)N(C4)C2=O)CC1. The van der Waals surface area contributed by atoms with E-state index in [1.807, 2.05) is 42.5 Å². The minimum absolute atomic E-state index is 0.0189. The summed E-state index contributed by atoms with van der Waals surface area (Å²) >= 11 is 0. The number of amides is 4. The average molecular weight is 889 g/mol. The Hall–Kier alpha value is -4.74. The van der Waals surface area contributed by atoms with Crippen LogP contribution in [0, 0.1) is 11.8 Å². The second kappa shape index (κ2) is 18.0. The normalized spacial score (nSPS) is 32.3. The Balaban J connectivity index is 1.06. The van der Waals surface area contributed by atoms with Crippen molar-refractivity contribution in [2.24, 2.45) is 11.8 Å². The highest BCUT2D eigenvalue weighted by Crippen LogP contribution is 2.48. The van der Waals surface area contributed by atoms with Gasteiger partial charge in [-0.1, -0.05) is 43.2 Å². The molecule has 0 radical (unpaired) electrons. The molecule has 3 bridgehead atoms. The number of fused-ring (bicyclic) bond motifs is 6. The molecule has 1 aromatic heterocycles. The standard InChI is InChI=1S/C46H60N6O10S/c1-45(18-19-45)63(57,58)50-43(55)46-28-31(46)13-7-3-2-4-9-17-36-42(54)52-29-32(27-37(52)40(53)49-46)61-41-34(15-8-5-6-12-30-26-38(30)62-44(56)48-36)39(33-14-10-11-16-35(33)47-41)60-25-22-51-20-23-59-24-21-51/h7-8,10-11,13-16,30-32,36-38H,2-6,9,12,17-29H2,1H3,(H,48,56)(H,49,53)(H,50,55)/b13-7+,15-8+/t30-,31-,32+,36+,37-,38-,46-/m1/s1. The van der Waals surface area contributed by atoms with E-state index in [9.17, 15) is 27.6 Å². The Morgan fingerprint density at radius 1 is 1.00 bits per heavy atom. The number of benzene rings is 1. The molecule has 9 rings (SSSR count). The third-order valence-electron chi connectivity index (χ3n) is 14.0. The number of pyridine rings is 1. The van der Waals surface area contributed by atoms with E-state index in [0.717, 1.165) is 57.0 Å². The van der Waals surface area contributed by atoms with Crippen LogP contribution in [-0.2, 0) is 33.9 Å². The molecule has 4 amide bonds. The largest absolute Gasteiger partial charge is 0.491 e. The third kappa shape index (κ3) is 9.56. The first-order valence-electron chi connectivity index (χ1n) is 22.9. The summed E-state index contributed by atoms with van der Waals surface area (Å²) in [5.41, 5.74) is -0.212. The zero-order valence-corrected chi connectivity index (χ0v) is 36.9. The Bertz CT molecular complexity index is 2260. The minimum atomic E-state index is -4.01. The molecule has 3 aliphatic carbocycles. The lowest BCUT2D eigenvalue weighted by atomic mass is 10.0. The number of para-hydroxylation sites is 1. The fourth-order valence-corrected chi connectivity index (χ4v) is 10.8. The van der Waals surface area contributed by atoms with Crippen LogP contribution in [0.15, 0.2) is 42.5 Å². The van der Waals surface area contributed by atoms with Crippen molar-refractivity contribution in [1.82, 2.24) is 30.1 Å². The van der Waals surface area contributed by atoms with Crippen LogP contribution in [0.4, 0.5) is 4.79 Å². The average Bonchev–Trinajstić information content (AvgIpc) is 4.23. The Morgan fingerprint density at radius 3 is 2.63 bits per heavy atom. The van der Waals surface area contributed by atoms with Crippen molar-refractivity contribution in [3.05, 3.63) is 48.1 Å². The molecule has 1 aromatic carbocycles. The summed E-state index contributed by atoms with van der Waals surface area (Å²) in [7, 11) is -4.01. The van der Waals surface area contributed by atoms with Gasteiger partial charge >= 0.3 is 6.09 Å². The van der Waals surface area contributed by atoms with Crippen molar-refractivity contribution in [3.63, 3.8) is 0 Å². The van der Waals surface area contributed by atoms with Crippen LogP contribution < -0.4 is 24.8 Å². The summed E-state index contributed by atoms with van der Waals surface area (Å²) in [6, 6.07) is 5.61. The van der Waals surface area contributed by atoms with Crippen molar-refractivity contribution >= 4 is 50.8 Å². The lowest BCUT2D eigenvalue weighted by Gasteiger charge is -2.30. The fourth-order valence-electron chi connectivity index (χ4n) is 9.45. The molecule has 4 aliphatic heterocycles. The number of morpholine rings is 1. The number of allylic oxidation sites excluding steroid dienone is 2.